The van der Waals surface area contributed by atoms with Crippen LogP contribution in [-0.4, -0.2) is 37.4 Å². The summed E-state index contributed by atoms with van der Waals surface area (Å²) < 4.78 is 29.4. The van der Waals surface area contributed by atoms with Gasteiger partial charge in [0, 0.05) is 37.6 Å². The molecule has 1 aromatic heterocycles. The van der Waals surface area contributed by atoms with Crippen molar-refractivity contribution in [2.24, 2.45) is 5.92 Å². The Hall–Kier alpha value is -0.850. The molecule has 2 saturated carbocycles. The van der Waals surface area contributed by atoms with Gasteiger partial charge in [-0.1, -0.05) is 6.92 Å². The minimum atomic E-state index is -3.35. The third-order valence-electron chi connectivity index (χ3n) is 4.35. The molecule has 0 spiro atoms. The molecule has 1 aromatic rings. The lowest BCUT2D eigenvalue weighted by atomic mass is 10.4. The number of nitrogens with zero attached hydrogens (tertiary/aromatic N) is 2. The van der Waals surface area contributed by atoms with Crippen LogP contribution in [0.15, 0.2) is 17.2 Å². The molecule has 21 heavy (non-hydrogen) atoms. The first-order chi connectivity index (χ1) is 10.1. The van der Waals surface area contributed by atoms with Gasteiger partial charge in [0.2, 0.25) is 10.0 Å². The SMILES string of the molecule is CCN(CC1CC1)S(=O)(=O)c1cc(CNC)n(C2CC2)c1. The van der Waals surface area contributed by atoms with E-state index < -0.39 is 10.0 Å². The zero-order chi connectivity index (χ0) is 15.0. The van der Waals surface area contributed by atoms with Gasteiger partial charge in [-0.05, 0) is 44.7 Å². The van der Waals surface area contributed by atoms with Gasteiger partial charge < -0.3 is 9.88 Å². The molecule has 2 fully saturated rings. The lowest BCUT2D eigenvalue weighted by molar-refractivity contribution is 0.412. The largest absolute Gasteiger partial charge is 0.346 e. The van der Waals surface area contributed by atoms with Crippen molar-refractivity contribution >= 4 is 10.0 Å². The highest BCUT2D eigenvalue weighted by Crippen LogP contribution is 2.38. The lowest BCUT2D eigenvalue weighted by Crippen LogP contribution is -2.32. The second-order valence-corrected chi connectivity index (χ2v) is 8.17. The van der Waals surface area contributed by atoms with Gasteiger partial charge >= 0.3 is 0 Å². The summed E-state index contributed by atoms with van der Waals surface area (Å²) in [6.45, 7) is 3.86. The molecule has 0 unspecified atom stereocenters. The zero-order valence-electron chi connectivity index (χ0n) is 12.9. The fraction of sp³-hybridized carbons (Fsp3) is 0.733. The van der Waals surface area contributed by atoms with E-state index in [2.05, 4.69) is 9.88 Å². The molecule has 0 atom stereocenters. The molecule has 2 aliphatic rings. The summed E-state index contributed by atoms with van der Waals surface area (Å²) in [5, 5.41) is 3.13. The Morgan fingerprint density at radius 3 is 2.57 bits per heavy atom. The van der Waals surface area contributed by atoms with E-state index in [0.29, 0.717) is 36.5 Å². The third-order valence-corrected chi connectivity index (χ3v) is 6.26. The minimum Gasteiger partial charge on any atom is -0.346 e. The molecule has 6 heteroatoms. The van der Waals surface area contributed by atoms with Gasteiger partial charge in [0.1, 0.15) is 4.90 Å². The molecular formula is C15H25N3O2S. The van der Waals surface area contributed by atoms with E-state index in [9.17, 15) is 8.42 Å². The zero-order valence-corrected chi connectivity index (χ0v) is 13.7. The fourth-order valence-electron chi connectivity index (χ4n) is 2.79. The van der Waals surface area contributed by atoms with Crippen molar-refractivity contribution in [3.05, 3.63) is 18.0 Å². The van der Waals surface area contributed by atoms with Crippen molar-refractivity contribution in [3.63, 3.8) is 0 Å². The molecule has 1 heterocycles. The summed E-state index contributed by atoms with van der Waals surface area (Å²) in [5.41, 5.74) is 1.07. The Morgan fingerprint density at radius 1 is 1.33 bits per heavy atom. The molecule has 0 aromatic carbocycles. The summed E-state index contributed by atoms with van der Waals surface area (Å²) in [5.74, 6) is 0.571. The van der Waals surface area contributed by atoms with Crippen LogP contribution in [0.3, 0.4) is 0 Å². The standard InChI is InChI=1S/C15H25N3O2S/c1-3-17(10-12-4-5-12)21(19,20)15-8-14(9-16-2)18(11-15)13-6-7-13/h8,11-13,16H,3-7,9-10H2,1-2H3. The van der Waals surface area contributed by atoms with Crippen LogP contribution >= 0.6 is 0 Å². The number of rotatable bonds is 8. The number of hydrogen-bond acceptors (Lipinski definition) is 3. The minimum absolute atomic E-state index is 0.460. The van der Waals surface area contributed by atoms with Gasteiger partial charge in [-0.15, -0.1) is 0 Å². The maximum Gasteiger partial charge on any atom is 0.244 e. The van der Waals surface area contributed by atoms with E-state index in [4.69, 9.17) is 0 Å². The topological polar surface area (TPSA) is 54.3 Å². The Kier molecular flexibility index (Phi) is 4.12. The summed E-state index contributed by atoms with van der Waals surface area (Å²) in [6, 6.07) is 2.34. The van der Waals surface area contributed by atoms with Gasteiger partial charge in [0.15, 0.2) is 0 Å². The smallest absolute Gasteiger partial charge is 0.244 e. The van der Waals surface area contributed by atoms with Crippen LogP contribution < -0.4 is 5.32 Å². The molecular weight excluding hydrogens is 286 g/mol. The summed E-state index contributed by atoms with van der Waals surface area (Å²) >= 11 is 0. The van der Waals surface area contributed by atoms with Crippen LogP contribution in [-0.2, 0) is 16.6 Å². The van der Waals surface area contributed by atoms with Crippen molar-refractivity contribution in [1.82, 2.24) is 14.2 Å². The first-order valence-corrected chi connectivity index (χ1v) is 9.35. The monoisotopic (exact) mass is 311 g/mol. The van der Waals surface area contributed by atoms with Gasteiger partial charge in [-0.25, -0.2) is 8.42 Å². The van der Waals surface area contributed by atoms with Crippen molar-refractivity contribution in [2.45, 2.75) is 50.1 Å². The second kappa shape index (κ2) is 5.74. The molecule has 0 bridgehead atoms. The van der Waals surface area contributed by atoms with Crippen LogP contribution in [0.25, 0.3) is 0 Å². The van der Waals surface area contributed by atoms with Crippen LogP contribution in [0.1, 0.15) is 44.3 Å². The van der Waals surface area contributed by atoms with E-state index in [1.807, 2.05) is 26.2 Å². The molecule has 0 amide bonds. The molecule has 0 radical (unpaired) electrons. The molecule has 0 saturated heterocycles. The van der Waals surface area contributed by atoms with Crippen LogP contribution in [0.2, 0.25) is 0 Å². The van der Waals surface area contributed by atoms with E-state index in [1.165, 1.54) is 12.8 Å². The molecule has 2 aliphatic carbocycles. The maximum atomic E-state index is 12.8. The van der Waals surface area contributed by atoms with E-state index in [-0.39, 0.29) is 0 Å². The second-order valence-electron chi connectivity index (χ2n) is 6.23. The first kappa shape index (κ1) is 15.1. The first-order valence-electron chi connectivity index (χ1n) is 7.91. The molecule has 1 N–H and O–H groups in total. The number of nitrogens with one attached hydrogen (secondary N) is 1. The predicted molar refractivity (Wildman–Crippen MR) is 82.6 cm³/mol. The van der Waals surface area contributed by atoms with Gasteiger partial charge in [0.25, 0.3) is 0 Å². The highest BCUT2D eigenvalue weighted by Gasteiger charge is 2.33. The number of aromatic nitrogens is 1. The highest BCUT2D eigenvalue weighted by molar-refractivity contribution is 7.89. The van der Waals surface area contributed by atoms with Crippen molar-refractivity contribution in [2.75, 3.05) is 20.1 Å². The van der Waals surface area contributed by atoms with E-state index in [1.54, 1.807) is 4.31 Å². The molecule has 118 valence electrons. The lowest BCUT2D eigenvalue weighted by Gasteiger charge is -2.19. The quantitative estimate of drug-likeness (QED) is 0.798. The van der Waals surface area contributed by atoms with Gasteiger partial charge in [-0.2, -0.15) is 4.31 Å². The van der Waals surface area contributed by atoms with Crippen molar-refractivity contribution < 1.29 is 8.42 Å². The third kappa shape index (κ3) is 3.17. The van der Waals surface area contributed by atoms with Gasteiger partial charge in [0.05, 0.1) is 0 Å². The van der Waals surface area contributed by atoms with Crippen LogP contribution in [0.4, 0.5) is 0 Å². The van der Waals surface area contributed by atoms with Crippen LogP contribution in [0.5, 0.6) is 0 Å². The Bertz CT molecular complexity index is 600. The summed E-state index contributed by atoms with van der Waals surface area (Å²) in [4.78, 5) is 0.460. The van der Waals surface area contributed by atoms with E-state index >= 15 is 0 Å². The fourth-order valence-corrected chi connectivity index (χ4v) is 4.36. The average Bonchev–Trinajstić information content (AvgIpc) is 3.36. The highest BCUT2D eigenvalue weighted by atomic mass is 32.2. The Balaban J connectivity index is 1.87. The normalized spacial score (nSPS) is 19.4. The number of sulfonamides is 1. The number of hydrogen-bond donors (Lipinski definition) is 1. The van der Waals surface area contributed by atoms with Crippen molar-refractivity contribution in [3.8, 4) is 0 Å². The molecule has 0 aliphatic heterocycles. The Labute approximate surface area is 127 Å². The van der Waals surface area contributed by atoms with Crippen LogP contribution in [0, 0.1) is 5.92 Å². The molecule has 3 rings (SSSR count). The predicted octanol–water partition coefficient (Wildman–Crippen LogP) is 1.96. The van der Waals surface area contributed by atoms with Crippen molar-refractivity contribution in [1.29, 1.82) is 0 Å². The summed E-state index contributed by atoms with van der Waals surface area (Å²) in [7, 11) is -1.45. The average molecular weight is 311 g/mol. The molecule has 5 nitrogen and oxygen atoms in total. The Morgan fingerprint density at radius 2 is 2.05 bits per heavy atom. The maximum absolute atomic E-state index is 12.8. The van der Waals surface area contributed by atoms with Gasteiger partial charge in [-0.3, -0.25) is 0 Å². The van der Waals surface area contributed by atoms with E-state index in [0.717, 1.165) is 18.5 Å². The summed E-state index contributed by atoms with van der Waals surface area (Å²) in [6.07, 6.45) is 6.49.